The number of nitrogens with one attached hydrogen (secondary N) is 1. The van der Waals surface area contributed by atoms with Crippen molar-refractivity contribution in [2.45, 2.75) is 0 Å². The Morgan fingerprint density at radius 2 is 1.61 bits per heavy atom. The Balaban J connectivity index is 1.52. The van der Waals surface area contributed by atoms with Crippen LogP contribution in [0.3, 0.4) is 0 Å². The molecule has 0 saturated carbocycles. The maximum atomic E-state index is 12.9. The number of nitrogens with zero attached hydrogens (tertiary/aromatic N) is 4. The average Bonchev–Trinajstić information content (AvgIpc) is 3.26. The number of carbonyl (C=O) groups excluding carboxylic acids is 2. The van der Waals surface area contributed by atoms with Gasteiger partial charge in [-0.2, -0.15) is 0 Å². The number of fused-ring (bicyclic) bond motifs is 1. The number of aromatic nitrogens is 1. The topological polar surface area (TPSA) is 84.6 Å². The molecular weight excluding hydrogens is 390 g/mol. The molecule has 1 amide bonds. The van der Waals surface area contributed by atoms with Gasteiger partial charge in [0.05, 0.1) is 23.9 Å². The van der Waals surface area contributed by atoms with Gasteiger partial charge in [0.15, 0.2) is 0 Å². The second-order valence-electron chi connectivity index (χ2n) is 7.14. The van der Waals surface area contributed by atoms with Crippen molar-refractivity contribution in [3.63, 3.8) is 0 Å². The lowest BCUT2D eigenvalue weighted by Gasteiger charge is -2.37. The summed E-state index contributed by atoms with van der Waals surface area (Å²) in [5, 5.41) is 10.2. The van der Waals surface area contributed by atoms with Gasteiger partial charge in [0.2, 0.25) is 0 Å². The fourth-order valence-corrected chi connectivity index (χ4v) is 3.85. The number of aromatic amines is 1. The third-order valence-electron chi connectivity index (χ3n) is 5.40. The van der Waals surface area contributed by atoms with Gasteiger partial charge >= 0.3 is 0 Å². The van der Waals surface area contributed by atoms with Gasteiger partial charge in [0, 0.05) is 43.3 Å². The minimum Gasteiger partial charge on any atom is -0.376 e. The third-order valence-corrected chi connectivity index (χ3v) is 5.40. The van der Waals surface area contributed by atoms with E-state index in [-0.39, 0.29) is 5.70 Å². The van der Waals surface area contributed by atoms with Crippen LogP contribution in [-0.4, -0.2) is 52.7 Å². The van der Waals surface area contributed by atoms with E-state index in [1.165, 1.54) is 4.90 Å². The van der Waals surface area contributed by atoms with Crippen molar-refractivity contribution < 1.29 is 9.59 Å². The molecule has 2 aromatic carbocycles. The van der Waals surface area contributed by atoms with E-state index in [9.17, 15) is 14.9 Å². The fourth-order valence-electron chi connectivity index (χ4n) is 3.85. The molecule has 4 rings (SSSR count). The van der Waals surface area contributed by atoms with Crippen molar-refractivity contribution in [1.29, 1.82) is 5.26 Å². The lowest BCUT2D eigenvalue weighted by Crippen LogP contribution is -2.50. The number of hydrogen-bond acceptors (Lipinski definition) is 4. The SMILES string of the molecule is [C-]#[N+]/C(C#N)=C(/c1ccccc1)N1CCN(C(=O)C(=O)c2c[nH]c3ccccc23)CC1. The second kappa shape index (κ2) is 8.56. The first-order chi connectivity index (χ1) is 15.1. The molecule has 1 fully saturated rings. The maximum absolute atomic E-state index is 12.9. The van der Waals surface area contributed by atoms with Crippen LogP contribution in [0, 0.1) is 17.9 Å². The van der Waals surface area contributed by atoms with Crippen molar-refractivity contribution in [3.8, 4) is 6.07 Å². The number of nitriles is 1. The number of para-hydroxylation sites is 1. The summed E-state index contributed by atoms with van der Waals surface area (Å²) in [5.41, 5.74) is 2.54. The summed E-state index contributed by atoms with van der Waals surface area (Å²) in [6.07, 6.45) is 1.58. The number of benzene rings is 2. The molecule has 0 bridgehead atoms. The normalized spacial score (nSPS) is 14.5. The van der Waals surface area contributed by atoms with Crippen molar-refractivity contribution in [1.82, 2.24) is 14.8 Å². The van der Waals surface area contributed by atoms with Gasteiger partial charge < -0.3 is 14.8 Å². The first kappa shape index (κ1) is 19.9. The highest BCUT2D eigenvalue weighted by Crippen LogP contribution is 2.26. The quantitative estimate of drug-likeness (QED) is 0.310. The standard InChI is InChI=1S/C24H19N5O2/c1-26-21(15-25)22(17-7-3-2-4-8-17)28-11-13-29(14-12-28)24(31)23(30)19-16-27-20-10-6-5-9-18(19)20/h2-10,16,27H,11-14H2/b22-21-. The molecule has 2 heterocycles. The van der Waals surface area contributed by atoms with Crippen LogP contribution in [0.4, 0.5) is 0 Å². The third kappa shape index (κ3) is 3.77. The van der Waals surface area contributed by atoms with Gasteiger partial charge in [-0.1, -0.05) is 48.5 Å². The number of hydrogen-bond donors (Lipinski definition) is 1. The molecule has 0 radical (unpaired) electrons. The summed E-state index contributed by atoms with van der Waals surface area (Å²) in [5.74, 6) is -1.08. The molecule has 1 saturated heterocycles. The number of H-pyrrole nitrogens is 1. The highest BCUT2D eigenvalue weighted by atomic mass is 16.2. The summed E-state index contributed by atoms with van der Waals surface area (Å²) in [6.45, 7) is 8.90. The number of rotatable bonds is 4. The zero-order chi connectivity index (χ0) is 21.8. The van der Waals surface area contributed by atoms with Gasteiger partial charge in [-0.15, -0.1) is 0 Å². The summed E-state index contributed by atoms with van der Waals surface area (Å²) in [6, 6.07) is 18.6. The van der Waals surface area contributed by atoms with E-state index in [0.29, 0.717) is 37.4 Å². The fraction of sp³-hybridized carbons (Fsp3) is 0.167. The lowest BCUT2D eigenvalue weighted by atomic mass is 10.1. The Labute approximate surface area is 179 Å². The second-order valence-corrected chi connectivity index (χ2v) is 7.14. The summed E-state index contributed by atoms with van der Waals surface area (Å²) in [7, 11) is 0. The van der Waals surface area contributed by atoms with Crippen LogP contribution in [0.15, 0.2) is 66.5 Å². The molecule has 3 aromatic rings. The van der Waals surface area contributed by atoms with Crippen LogP contribution in [0.25, 0.3) is 21.4 Å². The number of amides is 1. The zero-order valence-electron chi connectivity index (χ0n) is 16.7. The van der Waals surface area contributed by atoms with Crippen LogP contribution in [0.2, 0.25) is 0 Å². The predicted octanol–water partition coefficient (Wildman–Crippen LogP) is 3.31. The lowest BCUT2D eigenvalue weighted by molar-refractivity contribution is -0.127. The van der Waals surface area contributed by atoms with E-state index in [4.69, 9.17) is 6.57 Å². The first-order valence-corrected chi connectivity index (χ1v) is 9.86. The summed E-state index contributed by atoms with van der Waals surface area (Å²) < 4.78 is 0. The van der Waals surface area contributed by atoms with Crippen molar-refractivity contribution in [3.05, 3.63) is 89.0 Å². The number of carbonyl (C=O) groups is 2. The van der Waals surface area contributed by atoms with Crippen molar-refractivity contribution in [2.75, 3.05) is 26.2 Å². The van der Waals surface area contributed by atoms with Gasteiger partial charge in [-0.25, -0.2) is 10.1 Å². The van der Waals surface area contributed by atoms with Gasteiger partial charge in [-0.05, 0) is 11.6 Å². The molecule has 7 heteroatoms. The molecule has 1 N–H and O–H groups in total. The monoisotopic (exact) mass is 409 g/mol. The van der Waals surface area contributed by atoms with Crippen LogP contribution < -0.4 is 0 Å². The molecule has 0 aliphatic carbocycles. The van der Waals surface area contributed by atoms with E-state index in [2.05, 4.69) is 9.83 Å². The van der Waals surface area contributed by atoms with E-state index in [0.717, 1.165) is 16.5 Å². The molecule has 0 spiro atoms. The van der Waals surface area contributed by atoms with Crippen molar-refractivity contribution >= 4 is 28.3 Å². The minimum absolute atomic E-state index is 0.0147. The Kier molecular flexibility index (Phi) is 5.51. The Morgan fingerprint density at radius 1 is 0.968 bits per heavy atom. The number of piperazine rings is 1. The van der Waals surface area contributed by atoms with Crippen LogP contribution in [-0.2, 0) is 4.79 Å². The number of Topliss-reactive ketones (excluding diaryl/α,β-unsaturated/α-hetero) is 1. The minimum atomic E-state index is -0.541. The molecule has 7 nitrogen and oxygen atoms in total. The molecule has 152 valence electrons. The van der Waals surface area contributed by atoms with E-state index in [1.807, 2.05) is 65.6 Å². The molecule has 1 aromatic heterocycles. The maximum Gasteiger partial charge on any atom is 0.295 e. The Morgan fingerprint density at radius 3 is 2.29 bits per heavy atom. The van der Waals surface area contributed by atoms with E-state index in [1.54, 1.807) is 6.20 Å². The number of ketones is 1. The smallest absolute Gasteiger partial charge is 0.295 e. The predicted molar refractivity (Wildman–Crippen MR) is 116 cm³/mol. The number of allylic oxidation sites excluding steroid dienone is 1. The highest BCUT2D eigenvalue weighted by molar-refractivity contribution is 6.44. The zero-order valence-corrected chi connectivity index (χ0v) is 16.7. The van der Waals surface area contributed by atoms with Crippen LogP contribution >= 0.6 is 0 Å². The first-order valence-electron chi connectivity index (χ1n) is 9.86. The molecule has 0 atom stereocenters. The van der Waals surface area contributed by atoms with Crippen LogP contribution in [0.5, 0.6) is 0 Å². The molecule has 31 heavy (non-hydrogen) atoms. The van der Waals surface area contributed by atoms with E-state index < -0.39 is 11.7 Å². The Hall–Kier alpha value is -4.36. The van der Waals surface area contributed by atoms with Gasteiger partial charge in [0.1, 0.15) is 0 Å². The van der Waals surface area contributed by atoms with Crippen molar-refractivity contribution in [2.24, 2.45) is 0 Å². The van der Waals surface area contributed by atoms with Gasteiger partial charge in [-0.3, -0.25) is 9.59 Å². The average molecular weight is 409 g/mol. The van der Waals surface area contributed by atoms with Crippen LogP contribution in [0.1, 0.15) is 15.9 Å². The Bertz CT molecular complexity index is 1240. The summed E-state index contributed by atoms with van der Waals surface area (Å²) in [4.78, 5) is 35.6. The largest absolute Gasteiger partial charge is 0.376 e. The van der Waals surface area contributed by atoms with Gasteiger partial charge in [0.25, 0.3) is 17.4 Å². The molecule has 0 unspecified atom stereocenters. The molecule has 1 aliphatic heterocycles. The molecule has 1 aliphatic rings. The van der Waals surface area contributed by atoms with E-state index >= 15 is 0 Å². The molecular formula is C24H19N5O2. The summed E-state index contributed by atoms with van der Waals surface area (Å²) >= 11 is 0. The highest BCUT2D eigenvalue weighted by Gasteiger charge is 2.30.